The molecule has 0 spiro atoms. The van der Waals surface area contributed by atoms with Crippen LogP contribution in [0.2, 0.25) is 0 Å². The SMILES string of the molecule is O=C1CCCCCCCCCCC1O. The molecule has 0 aromatic rings. The van der Waals surface area contributed by atoms with Crippen LogP contribution in [-0.2, 0) is 4.79 Å². The van der Waals surface area contributed by atoms with Crippen molar-refractivity contribution in [2.45, 2.75) is 70.3 Å². The summed E-state index contributed by atoms with van der Waals surface area (Å²) in [4.78, 5) is 11.4. The summed E-state index contributed by atoms with van der Waals surface area (Å²) in [6.07, 6.45) is 10.0. The number of carbonyl (C=O) groups excluding carboxylic acids is 1. The number of hydrogen-bond acceptors (Lipinski definition) is 2. The van der Waals surface area contributed by atoms with E-state index in [1.54, 1.807) is 0 Å². The van der Waals surface area contributed by atoms with E-state index in [9.17, 15) is 9.90 Å². The first-order chi connectivity index (χ1) is 6.80. The molecule has 14 heavy (non-hydrogen) atoms. The lowest BCUT2D eigenvalue weighted by Gasteiger charge is -2.10. The third kappa shape index (κ3) is 4.75. The number of ketones is 1. The van der Waals surface area contributed by atoms with E-state index < -0.39 is 6.10 Å². The first kappa shape index (κ1) is 11.7. The molecular weight excluding hydrogens is 176 g/mol. The summed E-state index contributed by atoms with van der Waals surface area (Å²) < 4.78 is 0. The normalized spacial score (nSPS) is 27.8. The lowest BCUT2D eigenvalue weighted by Crippen LogP contribution is -2.20. The van der Waals surface area contributed by atoms with E-state index >= 15 is 0 Å². The average molecular weight is 198 g/mol. The fourth-order valence-electron chi connectivity index (χ4n) is 2.03. The van der Waals surface area contributed by atoms with Crippen molar-refractivity contribution < 1.29 is 9.90 Å². The van der Waals surface area contributed by atoms with Crippen LogP contribution in [0.5, 0.6) is 0 Å². The van der Waals surface area contributed by atoms with Crippen molar-refractivity contribution in [2.24, 2.45) is 0 Å². The predicted octanol–water partition coefficient (Wildman–Crippen LogP) is 2.83. The summed E-state index contributed by atoms with van der Waals surface area (Å²) in [5.41, 5.74) is 0. The lowest BCUT2D eigenvalue weighted by molar-refractivity contribution is -0.127. The molecule has 0 aromatic carbocycles. The molecule has 82 valence electrons. The standard InChI is InChI=1S/C12H22O2/c13-11-9-7-5-3-1-2-4-6-8-10-12(11)14/h11,13H,1-10H2. The summed E-state index contributed by atoms with van der Waals surface area (Å²) in [5.74, 6) is 0.0607. The van der Waals surface area contributed by atoms with Gasteiger partial charge in [0, 0.05) is 6.42 Å². The zero-order valence-corrected chi connectivity index (χ0v) is 9.00. The van der Waals surface area contributed by atoms with Crippen molar-refractivity contribution in [1.29, 1.82) is 0 Å². The highest BCUT2D eigenvalue weighted by atomic mass is 16.3. The Morgan fingerprint density at radius 3 is 2.00 bits per heavy atom. The van der Waals surface area contributed by atoms with Gasteiger partial charge < -0.3 is 5.11 Å². The molecule has 0 saturated heterocycles. The van der Waals surface area contributed by atoms with Crippen LogP contribution in [0.15, 0.2) is 0 Å². The van der Waals surface area contributed by atoms with Crippen LogP contribution < -0.4 is 0 Å². The molecule has 0 heterocycles. The predicted molar refractivity (Wildman–Crippen MR) is 57.2 cm³/mol. The molecule has 0 aromatic heterocycles. The van der Waals surface area contributed by atoms with Gasteiger partial charge in [-0.05, 0) is 12.8 Å². The highest BCUT2D eigenvalue weighted by Gasteiger charge is 2.14. The molecule has 0 aliphatic heterocycles. The lowest BCUT2D eigenvalue weighted by atomic mass is 9.99. The van der Waals surface area contributed by atoms with Gasteiger partial charge in [-0.15, -0.1) is 0 Å². The van der Waals surface area contributed by atoms with E-state index in [-0.39, 0.29) is 5.78 Å². The Kier molecular flexibility index (Phi) is 5.85. The molecule has 2 heteroatoms. The smallest absolute Gasteiger partial charge is 0.161 e. The van der Waals surface area contributed by atoms with Crippen LogP contribution in [0, 0.1) is 0 Å². The van der Waals surface area contributed by atoms with Gasteiger partial charge in [-0.25, -0.2) is 0 Å². The monoisotopic (exact) mass is 198 g/mol. The van der Waals surface area contributed by atoms with Crippen molar-refractivity contribution in [3.63, 3.8) is 0 Å². The van der Waals surface area contributed by atoms with E-state index in [2.05, 4.69) is 0 Å². The quantitative estimate of drug-likeness (QED) is 0.650. The molecule has 1 aliphatic carbocycles. The zero-order valence-electron chi connectivity index (χ0n) is 9.00. The van der Waals surface area contributed by atoms with Crippen LogP contribution in [-0.4, -0.2) is 17.0 Å². The number of hydrogen-bond donors (Lipinski definition) is 1. The Hall–Kier alpha value is -0.370. The van der Waals surface area contributed by atoms with E-state index in [4.69, 9.17) is 0 Å². The van der Waals surface area contributed by atoms with E-state index in [0.29, 0.717) is 12.8 Å². The first-order valence-corrected chi connectivity index (χ1v) is 6.01. The molecule has 0 amide bonds. The number of Topliss-reactive ketones (excluding diaryl/α,β-unsaturated/α-hetero) is 1. The van der Waals surface area contributed by atoms with Crippen LogP contribution in [0.4, 0.5) is 0 Å². The maximum absolute atomic E-state index is 11.4. The summed E-state index contributed by atoms with van der Waals surface area (Å²) in [6.45, 7) is 0. The van der Waals surface area contributed by atoms with Gasteiger partial charge in [0.25, 0.3) is 0 Å². The fraction of sp³-hybridized carbons (Fsp3) is 0.917. The molecule has 0 radical (unpaired) electrons. The van der Waals surface area contributed by atoms with Crippen molar-refractivity contribution in [2.75, 3.05) is 0 Å². The van der Waals surface area contributed by atoms with Gasteiger partial charge in [0.05, 0.1) is 0 Å². The minimum absolute atomic E-state index is 0.0607. The zero-order chi connectivity index (χ0) is 10.2. The highest BCUT2D eigenvalue weighted by Crippen LogP contribution is 2.14. The summed E-state index contributed by atoms with van der Waals surface area (Å²) in [7, 11) is 0. The Bertz CT molecular complexity index is 166. The second kappa shape index (κ2) is 6.99. The molecule has 2 nitrogen and oxygen atoms in total. The van der Waals surface area contributed by atoms with Crippen LogP contribution in [0.25, 0.3) is 0 Å². The van der Waals surface area contributed by atoms with Crippen LogP contribution in [0.3, 0.4) is 0 Å². The molecular formula is C12H22O2. The summed E-state index contributed by atoms with van der Waals surface area (Å²) in [5, 5.41) is 9.51. The molecule has 1 aliphatic rings. The van der Waals surface area contributed by atoms with Gasteiger partial charge in [-0.3, -0.25) is 4.79 Å². The molecule has 1 atom stereocenters. The Morgan fingerprint density at radius 1 is 0.857 bits per heavy atom. The maximum Gasteiger partial charge on any atom is 0.161 e. The van der Waals surface area contributed by atoms with Crippen molar-refractivity contribution in [3.8, 4) is 0 Å². The number of aliphatic hydroxyl groups excluding tert-OH is 1. The van der Waals surface area contributed by atoms with Crippen molar-refractivity contribution >= 4 is 5.78 Å². The molecule has 1 fully saturated rings. The Labute approximate surface area is 86.7 Å². The van der Waals surface area contributed by atoms with E-state index in [1.165, 1.54) is 32.1 Å². The molecule has 1 rings (SSSR count). The molecule has 1 unspecified atom stereocenters. The van der Waals surface area contributed by atoms with Crippen molar-refractivity contribution in [1.82, 2.24) is 0 Å². The van der Waals surface area contributed by atoms with Gasteiger partial charge >= 0.3 is 0 Å². The van der Waals surface area contributed by atoms with E-state index in [1.807, 2.05) is 0 Å². The third-order valence-electron chi connectivity index (χ3n) is 3.02. The maximum atomic E-state index is 11.4. The van der Waals surface area contributed by atoms with Gasteiger partial charge in [0.2, 0.25) is 0 Å². The Balaban J connectivity index is 2.27. The fourth-order valence-corrected chi connectivity index (χ4v) is 2.03. The highest BCUT2D eigenvalue weighted by molar-refractivity contribution is 5.82. The van der Waals surface area contributed by atoms with Gasteiger partial charge in [-0.2, -0.15) is 0 Å². The topological polar surface area (TPSA) is 37.3 Å². The molecule has 1 N–H and O–H groups in total. The van der Waals surface area contributed by atoms with Crippen LogP contribution >= 0.6 is 0 Å². The summed E-state index contributed by atoms with van der Waals surface area (Å²) in [6, 6.07) is 0. The summed E-state index contributed by atoms with van der Waals surface area (Å²) >= 11 is 0. The molecule has 0 bridgehead atoms. The van der Waals surface area contributed by atoms with Crippen LogP contribution in [0.1, 0.15) is 64.2 Å². The molecule has 1 saturated carbocycles. The second-order valence-corrected chi connectivity index (χ2v) is 4.35. The largest absolute Gasteiger partial charge is 0.385 e. The average Bonchev–Trinajstić information content (AvgIpc) is 2.18. The number of aliphatic hydroxyl groups is 1. The van der Waals surface area contributed by atoms with Gasteiger partial charge in [0.1, 0.15) is 6.10 Å². The Morgan fingerprint density at radius 2 is 1.36 bits per heavy atom. The number of rotatable bonds is 0. The minimum Gasteiger partial charge on any atom is -0.385 e. The van der Waals surface area contributed by atoms with Crippen molar-refractivity contribution in [3.05, 3.63) is 0 Å². The minimum atomic E-state index is -0.672. The van der Waals surface area contributed by atoms with E-state index in [0.717, 1.165) is 19.3 Å². The number of carbonyl (C=O) groups is 1. The van der Waals surface area contributed by atoms with Gasteiger partial charge in [0.15, 0.2) is 5.78 Å². The second-order valence-electron chi connectivity index (χ2n) is 4.35. The first-order valence-electron chi connectivity index (χ1n) is 6.01. The third-order valence-corrected chi connectivity index (χ3v) is 3.02. The van der Waals surface area contributed by atoms with Gasteiger partial charge in [-0.1, -0.05) is 44.9 Å².